The van der Waals surface area contributed by atoms with E-state index in [0.29, 0.717) is 86.6 Å². The van der Waals surface area contributed by atoms with Crippen LogP contribution in [0.2, 0.25) is 0 Å². The van der Waals surface area contributed by atoms with E-state index in [9.17, 15) is 47.4 Å². The van der Waals surface area contributed by atoms with Crippen LogP contribution in [-0.2, 0) is 78.7 Å². The van der Waals surface area contributed by atoms with Crippen LogP contribution in [0.4, 0.5) is 8.78 Å². The van der Waals surface area contributed by atoms with Crippen LogP contribution in [0, 0.1) is 11.6 Å². The molecule has 2 bridgehead atoms. The highest BCUT2D eigenvalue weighted by molar-refractivity contribution is 7.98. The smallest absolute Gasteiger partial charge is 0.303 e. The molecule has 9 amide bonds. The molecule has 2 aromatic heterocycles. The van der Waals surface area contributed by atoms with E-state index < -0.39 is 125 Å². The fraction of sp³-hybridized carbons (Fsp3) is 0.441. The summed E-state index contributed by atoms with van der Waals surface area (Å²) in [5.41, 5.74) is 9.64. The Morgan fingerprint density at radius 2 is 1.22 bits per heavy atom. The summed E-state index contributed by atoms with van der Waals surface area (Å²) in [6.45, 7) is 4.72. The Kier molecular flexibility index (Phi) is 24.2. The summed E-state index contributed by atoms with van der Waals surface area (Å²) in [4.78, 5) is 152. The van der Waals surface area contributed by atoms with Gasteiger partial charge in [-0.15, -0.1) is 0 Å². The first-order chi connectivity index (χ1) is 46.0. The van der Waals surface area contributed by atoms with E-state index >= 15 is 14.4 Å². The zero-order valence-corrected chi connectivity index (χ0v) is 55.5. The maximum absolute atomic E-state index is 15.5. The highest BCUT2D eigenvalue weighted by atomic mass is 32.2. The first-order valence-corrected chi connectivity index (χ1v) is 34.3. The molecule has 96 heavy (non-hydrogen) atoms. The SMILES string of the molecule is COc1ccc(C[C@@H]2NC(=O)[C@H](CCCC(=O)O)NC(=O)[C@@H]3C[C@H](N)CN3C(=O)[C@H](Cc3c[nH]c4ccc(F)cc34)NC(=O)[C@H](Cc3c[nH]c4ccc(F)cc34)NC(=O)[C@@H](C)NC(=O)[C@H](C)NC(=O)CCSCc3ccc(cc3)CSCCNC(=O)[C@]3(C)CCCN3C2=O)cc1. The van der Waals surface area contributed by atoms with Gasteiger partial charge in [-0.25, -0.2) is 8.78 Å². The molecule has 0 unspecified atom stereocenters. The highest BCUT2D eigenvalue weighted by Crippen LogP contribution is 2.32. The molecule has 9 atom stereocenters. The van der Waals surface area contributed by atoms with Crippen molar-refractivity contribution in [3.05, 3.63) is 137 Å². The summed E-state index contributed by atoms with van der Waals surface area (Å²) in [5, 5.41) is 29.8. The van der Waals surface area contributed by atoms with Crippen LogP contribution in [0.25, 0.3) is 21.8 Å². The molecule has 28 heteroatoms. The molecule has 0 saturated carbocycles. The van der Waals surface area contributed by atoms with Gasteiger partial charge in [0.15, 0.2) is 0 Å². The van der Waals surface area contributed by atoms with Crippen molar-refractivity contribution in [2.45, 2.75) is 150 Å². The highest BCUT2D eigenvalue weighted by Gasteiger charge is 2.48. The Balaban J connectivity index is 1.04. The van der Waals surface area contributed by atoms with Crippen molar-refractivity contribution in [1.82, 2.24) is 57.0 Å². The van der Waals surface area contributed by atoms with Crippen molar-refractivity contribution in [3.63, 3.8) is 0 Å². The third kappa shape index (κ3) is 18.3. The summed E-state index contributed by atoms with van der Waals surface area (Å²) in [6, 6.07) is 12.1. The Morgan fingerprint density at radius 1 is 0.667 bits per heavy atom. The average Bonchev–Trinajstić information content (AvgIpc) is 1.61. The second-order valence-electron chi connectivity index (χ2n) is 24.8. The van der Waals surface area contributed by atoms with Gasteiger partial charge in [-0.1, -0.05) is 36.4 Å². The Morgan fingerprint density at radius 3 is 1.83 bits per heavy atom. The molecule has 0 spiro atoms. The number of nitrogens with two attached hydrogens (primary N) is 1. The first-order valence-electron chi connectivity index (χ1n) is 32.0. The van der Waals surface area contributed by atoms with Crippen LogP contribution in [-0.4, -0.2) is 176 Å². The third-order valence-corrected chi connectivity index (χ3v) is 19.7. The summed E-state index contributed by atoms with van der Waals surface area (Å²) in [5.74, 6) is -6.13. The third-order valence-electron chi connectivity index (χ3n) is 17.7. The van der Waals surface area contributed by atoms with Gasteiger partial charge in [-0.2, -0.15) is 23.5 Å². The number of methoxy groups -OCH3 is 1. The number of ether oxygens (including phenoxy) is 1. The lowest BCUT2D eigenvalue weighted by atomic mass is 9.95. The molecule has 4 aromatic carbocycles. The molecule has 12 N–H and O–H groups in total. The van der Waals surface area contributed by atoms with Gasteiger partial charge in [-0.3, -0.25) is 47.9 Å². The number of carbonyl (C=O) groups excluding carboxylic acids is 9. The number of H-pyrrole nitrogens is 2. The van der Waals surface area contributed by atoms with E-state index in [0.717, 1.165) is 16.0 Å². The lowest BCUT2D eigenvalue weighted by Gasteiger charge is -2.36. The van der Waals surface area contributed by atoms with Crippen LogP contribution in [0.3, 0.4) is 0 Å². The number of benzene rings is 4. The monoisotopic (exact) mass is 1360 g/mol. The van der Waals surface area contributed by atoms with Crippen LogP contribution in [0.5, 0.6) is 5.75 Å². The van der Waals surface area contributed by atoms with Gasteiger partial charge in [0.2, 0.25) is 53.2 Å². The standard InChI is InChI=1S/C68H82F2N12O12S2/c1-38-60(86)76-39(2)61(87)78-54(28-43-33-73-51-19-15-45(69)30-49(43)51)63(89)80-56(29-44-34-74-52-20-16-46(70)31-50(44)52)65(91)81-35-47(71)32-57(81)64(90)77-53(7-5-8-59(84)85)62(88)79-55(27-40-13-17-48(94-4)18-14-40)66(92)82-24-6-22-68(82,3)67(93)72-23-26-96-37-42-11-9-41(10-12-42)36-95-25-21-58(83)75-38/h9-20,30-31,33-34,38-39,47,53-57,73-74H,5-8,21-29,32,35-37,71H2,1-4H3,(H,72,93)(H,75,83)(H,76,86)(H,77,90)(H,78,87)(H,79,88)(H,80,89)(H,84,85)/t38-,39+,47-,53-,54-,55-,56-,57-,68-/m0/s1. The van der Waals surface area contributed by atoms with Crippen molar-refractivity contribution >= 4 is 104 Å². The summed E-state index contributed by atoms with van der Waals surface area (Å²) in [7, 11) is 1.50. The molecular formula is C68H82F2N12O12S2. The minimum atomic E-state index is -1.61. The van der Waals surface area contributed by atoms with Crippen molar-refractivity contribution in [2.24, 2.45) is 5.73 Å². The van der Waals surface area contributed by atoms with Crippen molar-refractivity contribution in [1.29, 1.82) is 0 Å². The second-order valence-corrected chi connectivity index (χ2v) is 27.0. The molecule has 24 nitrogen and oxygen atoms in total. The van der Waals surface area contributed by atoms with E-state index in [4.69, 9.17) is 10.5 Å². The number of hydrogen-bond acceptors (Lipinski definition) is 14. The Hall–Kier alpha value is -9.02. The quantitative estimate of drug-likeness (QED) is 0.0812. The van der Waals surface area contributed by atoms with E-state index in [1.165, 1.54) is 86.4 Å². The van der Waals surface area contributed by atoms with E-state index in [1.54, 1.807) is 43.0 Å². The number of hydrogen-bond donors (Lipinski definition) is 11. The molecule has 512 valence electrons. The molecule has 0 radical (unpaired) electrons. The maximum atomic E-state index is 15.5. The number of halogens is 2. The lowest BCUT2D eigenvalue weighted by Crippen LogP contribution is -2.62. The van der Waals surface area contributed by atoms with Crippen LogP contribution >= 0.6 is 23.5 Å². The molecular weight excluding hydrogens is 1280 g/mol. The fourth-order valence-corrected chi connectivity index (χ4v) is 14.0. The van der Waals surface area contributed by atoms with Crippen molar-refractivity contribution in [2.75, 3.05) is 38.2 Å². The number of nitrogens with zero attached hydrogens (tertiary/aromatic N) is 2. The van der Waals surface area contributed by atoms with Crippen LogP contribution < -0.4 is 47.7 Å². The second kappa shape index (κ2) is 32.6. The van der Waals surface area contributed by atoms with Gasteiger partial charge in [-0.05, 0) is 129 Å². The number of aliphatic carboxylic acids is 1. The minimum absolute atomic E-state index is 0.0799. The predicted molar refractivity (Wildman–Crippen MR) is 359 cm³/mol. The Bertz CT molecular complexity index is 3840. The van der Waals surface area contributed by atoms with Gasteiger partial charge in [0.1, 0.15) is 65.2 Å². The summed E-state index contributed by atoms with van der Waals surface area (Å²) >= 11 is 3.14. The largest absolute Gasteiger partial charge is 0.497 e. The van der Waals surface area contributed by atoms with E-state index in [-0.39, 0.29) is 63.9 Å². The number of thioether (sulfide) groups is 2. The van der Waals surface area contributed by atoms with E-state index in [1.807, 2.05) is 24.3 Å². The Labute approximate surface area is 562 Å². The van der Waals surface area contributed by atoms with Crippen molar-refractivity contribution < 1.29 is 66.6 Å². The van der Waals surface area contributed by atoms with Gasteiger partial charge in [0, 0.05) is 115 Å². The molecule has 0 aliphatic carbocycles. The molecule has 2 fully saturated rings. The van der Waals surface area contributed by atoms with Gasteiger partial charge in [0.05, 0.1) is 7.11 Å². The normalized spacial score (nSPS) is 24.8. The molecule has 6 heterocycles. The fourth-order valence-electron chi connectivity index (χ4n) is 12.3. The topological polar surface area (TPSA) is 348 Å². The van der Waals surface area contributed by atoms with Gasteiger partial charge in [0.25, 0.3) is 0 Å². The first kappa shape index (κ1) is 71.3. The zero-order valence-electron chi connectivity index (χ0n) is 53.9. The van der Waals surface area contributed by atoms with Crippen LogP contribution in [0.1, 0.15) is 93.5 Å². The van der Waals surface area contributed by atoms with Gasteiger partial charge < -0.3 is 72.6 Å². The maximum Gasteiger partial charge on any atom is 0.303 e. The number of carboxylic acids is 1. The average molecular weight is 1360 g/mol. The minimum Gasteiger partial charge on any atom is -0.497 e. The number of aromatic nitrogens is 2. The van der Waals surface area contributed by atoms with Gasteiger partial charge >= 0.3 is 5.97 Å². The number of carboxylic acid groups (broad SMARTS) is 1. The molecule has 6 aromatic rings. The van der Waals surface area contributed by atoms with Crippen molar-refractivity contribution in [3.8, 4) is 5.75 Å². The summed E-state index contributed by atoms with van der Waals surface area (Å²) < 4.78 is 35.2. The number of rotatable bonds is 11. The van der Waals surface area contributed by atoms with Crippen LogP contribution in [0.15, 0.2) is 97.3 Å². The molecule has 10 rings (SSSR count). The molecule has 2 saturated heterocycles. The number of aromatic amines is 2. The number of amides is 9. The number of fused-ring (bicyclic) bond motifs is 31. The number of nitrogens with one attached hydrogen (secondary N) is 9. The zero-order chi connectivity index (χ0) is 68.8. The van der Waals surface area contributed by atoms with E-state index in [2.05, 4.69) is 47.2 Å². The number of carbonyl (C=O) groups is 10. The molecule has 4 aliphatic rings. The molecule has 4 aliphatic heterocycles. The predicted octanol–water partition coefficient (Wildman–Crippen LogP) is 4.16. The summed E-state index contributed by atoms with van der Waals surface area (Å²) in [6.07, 6.45) is 2.24. The lowest BCUT2D eigenvalue weighted by molar-refractivity contribution is -0.146.